The summed E-state index contributed by atoms with van der Waals surface area (Å²) in [6.07, 6.45) is 2.21. The molecule has 0 aliphatic carbocycles. The second-order valence-electron chi connectivity index (χ2n) is 5.85. The molecule has 0 aliphatic heterocycles. The van der Waals surface area contributed by atoms with Crippen molar-refractivity contribution in [3.05, 3.63) is 47.5 Å². The molecule has 26 heavy (non-hydrogen) atoms. The predicted molar refractivity (Wildman–Crippen MR) is 102 cm³/mol. The van der Waals surface area contributed by atoms with Crippen LogP contribution in [0.2, 0.25) is 0 Å². The molecule has 0 aromatic heterocycles. The molecule has 0 radical (unpaired) electrons. The topological polar surface area (TPSA) is 57.2 Å². The van der Waals surface area contributed by atoms with Gasteiger partial charge in [0.25, 0.3) is 0 Å². The first-order chi connectivity index (χ1) is 12.8. The van der Waals surface area contributed by atoms with Crippen LogP contribution in [0.25, 0.3) is 11.1 Å². The lowest BCUT2D eigenvalue weighted by Gasteiger charge is -2.22. The molecule has 0 spiro atoms. The Labute approximate surface area is 155 Å². The standard InChI is InChI=1S/C21H28O5/c1-4-17-18(11-8-12-22)21(16-9-6-5-7-10-16)20(26-15-24-3)13-19(17)25-14-23-2/h5-7,9-10,13,22H,4,8,11-12,14-15H2,1-3H3. The monoisotopic (exact) mass is 360 g/mol. The quantitative estimate of drug-likeness (QED) is 0.618. The zero-order valence-corrected chi connectivity index (χ0v) is 15.8. The molecule has 2 rings (SSSR count). The molecule has 0 aliphatic rings. The minimum atomic E-state index is 0.134. The van der Waals surface area contributed by atoms with E-state index in [9.17, 15) is 5.11 Å². The Balaban J connectivity index is 2.66. The fraction of sp³-hybridized carbons (Fsp3) is 0.429. The number of aliphatic hydroxyl groups excluding tert-OH is 1. The van der Waals surface area contributed by atoms with Crippen LogP contribution >= 0.6 is 0 Å². The average Bonchev–Trinajstić information content (AvgIpc) is 2.69. The first kappa shape index (κ1) is 20.2. The van der Waals surface area contributed by atoms with Crippen molar-refractivity contribution in [2.75, 3.05) is 34.4 Å². The summed E-state index contributed by atoms with van der Waals surface area (Å²) in [5.74, 6) is 1.45. The van der Waals surface area contributed by atoms with Crippen LogP contribution in [-0.4, -0.2) is 39.5 Å². The third-order valence-corrected chi connectivity index (χ3v) is 4.14. The van der Waals surface area contributed by atoms with Crippen LogP contribution in [0.3, 0.4) is 0 Å². The first-order valence-corrected chi connectivity index (χ1v) is 8.85. The number of aliphatic hydroxyl groups is 1. The van der Waals surface area contributed by atoms with Gasteiger partial charge in [0.2, 0.25) is 0 Å². The van der Waals surface area contributed by atoms with Gasteiger partial charge in [0, 0.05) is 32.5 Å². The van der Waals surface area contributed by atoms with Crippen LogP contribution in [0.4, 0.5) is 0 Å². The van der Waals surface area contributed by atoms with Crippen molar-refractivity contribution in [1.29, 1.82) is 0 Å². The molecule has 1 N–H and O–H groups in total. The van der Waals surface area contributed by atoms with Crippen LogP contribution < -0.4 is 9.47 Å². The maximum absolute atomic E-state index is 9.37. The summed E-state index contributed by atoms with van der Waals surface area (Å²) in [6, 6.07) is 12.0. The smallest absolute Gasteiger partial charge is 0.188 e. The Morgan fingerprint density at radius 3 is 2.12 bits per heavy atom. The summed E-state index contributed by atoms with van der Waals surface area (Å²) >= 11 is 0. The molecule has 0 fully saturated rings. The normalized spacial score (nSPS) is 10.8. The highest BCUT2D eigenvalue weighted by Gasteiger charge is 2.20. The van der Waals surface area contributed by atoms with Gasteiger partial charge in [-0.15, -0.1) is 0 Å². The fourth-order valence-electron chi connectivity index (χ4n) is 3.05. The van der Waals surface area contributed by atoms with Gasteiger partial charge >= 0.3 is 0 Å². The lowest BCUT2D eigenvalue weighted by molar-refractivity contribution is 0.0457. The van der Waals surface area contributed by atoms with E-state index >= 15 is 0 Å². The van der Waals surface area contributed by atoms with E-state index in [2.05, 4.69) is 19.1 Å². The lowest BCUT2D eigenvalue weighted by atomic mass is 9.89. The zero-order chi connectivity index (χ0) is 18.8. The van der Waals surface area contributed by atoms with Crippen LogP contribution in [0.5, 0.6) is 11.5 Å². The number of hydrogen-bond donors (Lipinski definition) is 1. The SMILES string of the molecule is CCc1c(OCOC)cc(OCOC)c(-c2ccccc2)c1CCCO. The Kier molecular flexibility index (Phi) is 8.41. The van der Waals surface area contributed by atoms with Gasteiger partial charge in [-0.05, 0) is 36.0 Å². The second-order valence-corrected chi connectivity index (χ2v) is 5.85. The molecule has 2 aromatic rings. The van der Waals surface area contributed by atoms with Gasteiger partial charge in [-0.2, -0.15) is 0 Å². The fourth-order valence-corrected chi connectivity index (χ4v) is 3.05. The Bertz CT molecular complexity index is 670. The molecular formula is C21H28O5. The molecule has 5 nitrogen and oxygen atoms in total. The maximum Gasteiger partial charge on any atom is 0.188 e. The maximum atomic E-state index is 9.37. The highest BCUT2D eigenvalue weighted by atomic mass is 16.7. The number of rotatable bonds is 11. The van der Waals surface area contributed by atoms with Crippen molar-refractivity contribution in [3.8, 4) is 22.6 Å². The number of benzene rings is 2. The molecule has 0 unspecified atom stereocenters. The highest BCUT2D eigenvalue weighted by Crippen LogP contribution is 2.41. The summed E-state index contributed by atoms with van der Waals surface area (Å²) in [4.78, 5) is 0. The third kappa shape index (κ3) is 4.97. The molecule has 0 saturated heterocycles. The average molecular weight is 360 g/mol. The second kappa shape index (κ2) is 10.8. The Morgan fingerprint density at radius 2 is 1.54 bits per heavy atom. The molecule has 2 aromatic carbocycles. The van der Waals surface area contributed by atoms with E-state index in [1.165, 1.54) is 0 Å². The van der Waals surface area contributed by atoms with E-state index in [-0.39, 0.29) is 20.2 Å². The van der Waals surface area contributed by atoms with E-state index < -0.39 is 0 Å². The van der Waals surface area contributed by atoms with Gasteiger partial charge in [0.1, 0.15) is 11.5 Å². The molecule has 0 saturated carbocycles. The van der Waals surface area contributed by atoms with Gasteiger partial charge < -0.3 is 24.1 Å². The molecule has 0 bridgehead atoms. The van der Waals surface area contributed by atoms with Gasteiger partial charge in [0.15, 0.2) is 13.6 Å². The van der Waals surface area contributed by atoms with E-state index in [1.807, 2.05) is 24.3 Å². The molecule has 0 heterocycles. The largest absolute Gasteiger partial charge is 0.467 e. The van der Waals surface area contributed by atoms with E-state index in [1.54, 1.807) is 14.2 Å². The molecule has 142 valence electrons. The van der Waals surface area contributed by atoms with E-state index in [0.29, 0.717) is 12.2 Å². The summed E-state index contributed by atoms with van der Waals surface area (Å²) in [5, 5.41) is 9.37. The van der Waals surface area contributed by atoms with Crippen LogP contribution in [0.1, 0.15) is 24.5 Å². The Hall–Kier alpha value is -2.08. The first-order valence-electron chi connectivity index (χ1n) is 8.85. The minimum Gasteiger partial charge on any atom is -0.467 e. The number of ether oxygens (including phenoxy) is 4. The van der Waals surface area contributed by atoms with Crippen molar-refractivity contribution in [2.24, 2.45) is 0 Å². The molecular weight excluding hydrogens is 332 g/mol. The third-order valence-electron chi connectivity index (χ3n) is 4.14. The summed E-state index contributed by atoms with van der Waals surface area (Å²) < 4.78 is 21.9. The summed E-state index contributed by atoms with van der Waals surface area (Å²) in [6.45, 7) is 2.55. The Morgan fingerprint density at radius 1 is 0.885 bits per heavy atom. The van der Waals surface area contributed by atoms with Gasteiger partial charge in [-0.3, -0.25) is 0 Å². The molecule has 0 amide bonds. The highest BCUT2D eigenvalue weighted by molar-refractivity contribution is 5.77. The van der Waals surface area contributed by atoms with Crippen molar-refractivity contribution >= 4 is 0 Å². The van der Waals surface area contributed by atoms with Crippen molar-refractivity contribution in [2.45, 2.75) is 26.2 Å². The predicted octanol–water partition coefficient (Wildman–Crippen LogP) is 3.81. The van der Waals surface area contributed by atoms with Gasteiger partial charge in [-0.25, -0.2) is 0 Å². The van der Waals surface area contributed by atoms with Crippen molar-refractivity contribution < 1.29 is 24.1 Å². The van der Waals surface area contributed by atoms with Crippen LogP contribution in [-0.2, 0) is 22.3 Å². The minimum absolute atomic E-state index is 0.134. The van der Waals surface area contributed by atoms with Crippen molar-refractivity contribution in [1.82, 2.24) is 0 Å². The summed E-state index contributed by atoms with van der Waals surface area (Å²) in [7, 11) is 3.19. The number of methoxy groups -OCH3 is 2. The lowest BCUT2D eigenvalue weighted by Crippen LogP contribution is -2.09. The van der Waals surface area contributed by atoms with E-state index in [4.69, 9.17) is 18.9 Å². The summed E-state index contributed by atoms with van der Waals surface area (Å²) in [5.41, 5.74) is 4.34. The number of hydrogen-bond acceptors (Lipinski definition) is 5. The van der Waals surface area contributed by atoms with Gasteiger partial charge in [-0.1, -0.05) is 37.3 Å². The molecule has 0 atom stereocenters. The van der Waals surface area contributed by atoms with Crippen LogP contribution in [0.15, 0.2) is 36.4 Å². The van der Waals surface area contributed by atoms with Crippen molar-refractivity contribution in [3.63, 3.8) is 0 Å². The van der Waals surface area contributed by atoms with E-state index in [0.717, 1.165) is 40.8 Å². The van der Waals surface area contributed by atoms with Gasteiger partial charge in [0.05, 0.1) is 0 Å². The van der Waals surface area contributed by atoms with Crippen LogP contribution in [0, 0.1) is 0 Å². The zero-order valence-electron chi connectivity index (χ0n) is 15.8. The molecule has 5 heteroatoms.